The number of imidazole rings is 1. The van der Waals surface area contributed by atoms with Crippen LogP contribution in [0.15, 0.2) is 164 Å². The van der Waals surface area contributed by atoms with Crippen molar-refractivity contribution in [3.8, 4) is 45.1 Å². The second-order valence-electron chi connectivity index (χ2n) is 20.5. The summed E-state index contributed by atoms with van der Waals surface area (Å²) in [5.41, 5.74) is 14.4. The third kappa shape index (κ3) is 8.50. The Labute approximate surface area is 399 Å². The standard InChI is InChI=1S/C60H58N3O.Pt/c1-57(2,3)42-26-29-48(30-27-42)63-52-38-47(60(9,10)44-23-15-12-16-24-44)37-50(55(52)62-56(63)51-36-45(58(4,5)6)28-31-53(51)64)41-33-40(49-25-17-19-39-20-18-32-61-54(39)49)34-46(35-41)59(7,8)43-21-13-11-14-22-43;/h11-32,34-38,64H,1-10H3;/q-1;. The van der Waals surface area contributed by atoms with Crippen LogP contribution in [-0.4, -0.2) is 19.6 Å². The van der Waals surface area contributed by atoms with E-state index in [9.17, 15) is 5.11 Å². The van der Waals surface area contributed by atoms with Gasteiger partial charge in [-0.15, -0.1) is 34.9 Å². The van der Waals surface area contributed by atoms with Gasteiger partial charge in [-0.25, -0.2) is 4.98 Å². The number of hydrogen-bond acceptors (Lipinski definition) is 3. The summed E-state index contributed by atoms with van der Waals surface area (Å²) in [6.45, 7) is 22.6. The van der Waals surface area contributed by atoms with Gasteiger partial charge in [0.15, 0.2) is 0 Å². The van der Waals surface area contributed by atoms with Crippen molar-refractivity contribution in [1.82, 2.24) is 14.5 Å². The molecule has 65 heavy (non-hydrogen) atoms. The summed E-state index contributed by atoms with van der Waals surface area (Å²) < 4.78 is 2.25. The molecule has 0 unspecified atom stereocenters. The monoisotopic (exact) mass is 1030 g/mol. The van der Waals surface area contributed by atoms with Crippen LogP contribution in [0.3, 0.4) is 0 Å². The molecule has 0 bridgehead atoms. The van der Waals surface area contributed by atoms with Gasteiger partial charge in [-0.05, 0) is 80.4 Å². The minimum absolute atomic E-state index is 0. The number of fused-ring (bicyclic) bond motifs is 2. The van der Waals surface area contributed by atoms with E-state index < -0.39 is 5.41 Å². The van der Waals surface area contributed by atoms with Crippen LogP contribution in [0.5, 0.6) is 5.75 Å². The van der Waals surface area contributed by atoms with Gasteiger partial charge in [0, 0.05) is 49.3 Å². The third-order valence-electron chi connectivity index (χ3n) is 13.4. The second-order valence-corrected chi connectivity index (χ2v) is 20.5. The molecule has 5 heteroatoms. The van der Waals surface area contributed by atoms with Crippen LogP contribution in [0, 0.1) is 6.07 Å². The van der Waals surface area contributed by atoms with Gasteiger partial charge in [0.2, 0.25) is 0 Å². The summed E-state index contributed by atoms with van der Waals surface area (Å²) in [5, 5.41) is 12.9. The molecule has 0 radical (unpaired) electrons. The molecule has 4 nitrogen and oxygen atoms in total. The Balaban J connectivity index is 0.00000576. The first-order chi connectivity index (χ1) is 30.4. The van der Waals surface area contributed by atoms with Crippen LogP contribution >= 0.6 is 0 Å². The summed E-state index contributed by atoms with van der Waals surface area (Å²) >= 11 is 0. The van der Waals surface area contributed by atoms with Gasteiger partial charge in [-0.3, -0.25) is 9.55 Å². The minimum atomic E-state index is -0.396. The van der Waals surface area contributed by atoms with E-state index >= 15 is 0 Å². The molecule has 0 atom stereocenters. The fourth-order valence-corrected chi connectivity index (χ4v) is 9.06. The van der Waals surface area contributed by atoms with E-state index in [4.69, 9.17) is 9.97 Å². The van der Waals surface area contributed by atoms with Gasteiger partial charge in [0.25, 0.3) is 0 Å². The first-order valence-electron chi connectivity index (χ1n) is 22.5. The first-order valence-corrected chi connectivity index (χ1v) is 22.5. The van der Waals surface area contributed by atoms with Crippen molar-refractivity contribution >= 4 is 21.9 Å². The Morgan fingerprint density at radius 2 is 1.00 bits per heavy atom. The SMILES string of the molecule is CC(C)(C)c1ccc(-n2c(-c3cc(C(C)(C)C)ccc3O)nc3c(-c4[c-]c(-c5cccc6cccnc56)cc(C(C)(C)c5ccccc5)c4)cc(C(C)(C)c4ccccc4)cc32)cc1.[Pt]. The van der Waals surface area contributed by atoms with Crippen LogP contribution in [0.4, 0.5) is 0 Å². The maximum Gasteiger partial charge on any atom is 0.148 e. The molecular formula is C60H58N3OPt-. The molecule has 9 aromatic rings. The maximum absolute atomic E-state index is 11.8. The van der Waals surface area contributed by atoms with E-state index in [1.807, 2.05) is 24.4 Å². The number of benzene rings is 7. The molecule has 1 N–H and O–H groups in total. The Bertz CT molecular complexity index is 3160. The topological polar surface area (TPSA) is 50.9 Å². The van der Waals surface area contributed by atoms with Crippen molar-refractivity contribution < 1.29 is 26.2 Å². The van der Waals surface area contributed by atoms with E-state index in [0.29, 0.717) is 11.4 Å². The molecule has 0 saturated heterocycles. The molecule has 0 aliphatic rings. The van der Waals surface area contributed by atoms with Crippen LogP contribution in [0.25, 0.3) is 61.3 Å². The zero-order valence-corrected chi connectivity index (χ0v) is 41.5. The first kappa shape index (κ1) is 45.5. The van der Waals surface area contributed by atoms with Crippen LogP contribution in [0.2, 0.25) is 0 Å². The molecule has 0 aliphatic heterocycles. The number of aromatic hydroxyl groups is 1. The Kier molecular flexibility index (Phi) is 11.9. The van der Waals surface area contributed by atoms with Gasteiger partial charge < -0.3 is 5.11 Å². The Hall–Kier alpha value is -6.09. The molecule has 0 saturated carbocycles. The normalized spacial score (nSPS) is 12.4. The van der Waals surface area contributed by atoms with Crippen molar-refractivity contribution in [2.75, 3.05) is 0 Å². The quantitative estimate of drug-likeness (QED) is 0.154. The number of phenols is 1. The van der Waals surface area contributed by atoms with Crippen LogP contribution < -0.4 is 0 Å². The van der Waals surface area contributed by atoms with Crippen molar-refractivity contribution in [2.24, 2.45) is 0 Å². The zero-order chi connectivity index (χ0) is 45.2. The smallest absolute Gasteiger partial charge is 0.148 e. The molecule has 0 amide bonds. The summed E-state index contributed by atoms with van der Waals surface area (Å²) in [6.07, 6.45) is 1.87. The van der Waals surface area contributed by atoms with E-state index in [1.165, 1.54) is 16.7 Å². The molecule has 0 spiro atoms. The Morgan fingerprint density at radius 1 is 0.462 bits per heavy atom. The van der Waals surface area contributed by atoms with Gasteiger partial charge in [-0.2, -0.15) is 0 Å². The zero-order valence-electron chi connectivity index (χ0n) is 39.2. The van der Waals surface area contributed by atoms with Crippen molar-refractivity contribution in [3.05, 3.63) is 203 Å². The molecule has 9 rings (SSSR count). The van der Waals surface area contributed by atoms with Gasteiger partial charge in [-0.1, -0.05) is 190 Å². The number of pyridine rings is 1. The van der Waals surface area contributed by atoms with Gasteiger partial charge >= 0.3 is 0 Å². The maximum atomic E-state index is 11.8. The number of hydrogen-bond donors (Lipinski definition) is 1. The van der Waals surface area contributed by atoms with Crippen molar-refractivity contribution in [1.29, 1.82) is 0 Å². The van der Waals surface area contributed by atoms with E-state index in [1.54, 1.807) is 0 Å². The molecule has 330 valence electrons. The number of nitrogens with zero attached hydrogens (tertiary/aromatic N) is 3. The molecule has 7 aromatic carbocycles. The van der Waals surface area contributed by atoms with E-state index in [0.717, 1.165) is 66.6 Å². The van der Waals surface area contributed by atoms with E-state index in [-0.39, 0.29) is 43.1 Å². The number of phenolic OH excluding ortho intramolecular Hbond substituents is 1. The van der Waals surface area contributed by atoms with Gasteiger partial charge in [0.1, 0.15) is 11.6 Å². The fourth-order valence-electron chi connectivity index (χ4n) is 9.06. The largest absolute Gasteiger partial charge is 0.507 e. The molecule has 0 fully saturated rings. The molecular weight excluding hydrogens is 974 g/mol. The van der Waals surface area contributed by atoms with Crippen molar-refractivity contribution in [3.63, 3.8) is 0 Å². The third-order valence-corrected chi connectivity index (χ3v) is 13.4. The van der Waals surface area contributed by atoms with Crippen LogP contribution in [-0.2, 0) is 42.7 Å². The summed E-state index contributed by atoms with van der Waals surface area (Å²) in [5.74, 6) is 0.864. The number of rotatable bonds is 8. The number of para-hydroxylation sites is 1. The average molecular weight is 1030 g/mol. The van der Waals surface area contributed by atoms with Crippen molar-refractivity contribution in [2.45, 2.75) is 90.9 Å². The summed E-state index contributed by atoms with van der Waals surface area (Å²) in [4.78, 5) is 10.6. The Morgan fingerprint density at radius 3 is 1.60 bits per heavy atom. The predicted molar refractivity (Wildman–Crippen MR) is 268 cm³/mol. The second kappa shape index (κ2) is 17.0. The number of aromatic nitrogens is 3. The van der Waals surface area contributed by atoms with Gasteiger partial charge in [0.05, 0.1) is 16.6 Å². The minimum Gasteiger partial charge on any atom is -0.507 e. The molecule has 0 aliphatic carbocycles. The van der Waals surface area contributed by atoms with E-state index in [2.05, 4.69) is 219 Å². The van der Waals surface area contributed by atoms with Crippen LogP contribution in [0.1, 0.15) is 103 Å². The predicted octanol–water partition coefficient (Wildman–Crippen LogP) is 15.3. The fraction of sp³-hybridized carbons (Fsp3) is 0.233. The molecule has 2 heterocycles. The molecule has 2 aromatic heterocycles. The summed E-state index contributed by atoms with van der Waals surface area (Å²) in [6, 6.07) is 60.1. The summed E-state index contributed by atoms with van der Waals surface area (Å²) in [7, 11) is 0. The average Bonchev–Trinajstić information content (AvgIpc) is 3.68.